The van der Waals surface area contributed by atoms with Crippen LogP contribution >= 0.6 is 11.3 Å². The van der Waals surface area contributed by atoms with Crippen molar-refractivity contribution in [2.45, 2.75) is 63.6 Å². The van der Waals surface area contributed by atoms with Crippen LogP contribution in [0.5, 0.6) is 0 Å². The Balaban J connectivity index is 1.44. The average Bonchev–Trinajstić information content (AvgIpc) is 3.06. The van der Waals surface area contributed by atoms with Gasteiger partial charge in [0.15, 0.2) is 0 Å². The zero-order valence-electron chi connectivity index (χ0n) is 16.2. The first kappa shape index (κ1) is 18.4. The van der Waals surface area contributed by atoms with Crippen molar-refractivity contribution < 1.29 is 4.74 Å². The van der Waals surface area contributed by atoms with E-state index in [1.54, 1.807) is 7.11 Å². The fraction of sp³-hybridized carbons (Fsp3) is 0.667. The summed E-state index contributed by atoms with van der Waals surface area (Å²) in [4.78, 5) is 7.54. The van der Waals surface area contributed by atoms with Gasteiger partial charge in [0.25, 0.3) is 0 Å². The Bertz CT molecular complexity index is 728. The highest BCUT2D eigenvalue weighted by atomic mass is 32.1. The van der Waals surface area contributed by atoms with Crippen molar-refractivity contribution in [2.75, 3.05) is 26.7 Å². The smallest absolute Gasteiger partial charge is 0.107 e. The number of hydrogen-bond acceptors (Lipinski definition) is 5. The van der Waals surface area contributed by atoms with Gasteiger partial charge in [-0.3, -0.25) is 5.32 Å². The van der Waals surface area contributed by atoms with Gasteiger partial charge in [0, 0.05) is 25.6 Å². The van der Waals surface area contributed by atoms with Gasteiger partial charge < -0.3 is 9.64 Å². The van der Waals surface area contributed by atoms with Crippen LogP contribution in [0.15, 0.2) is 18.2 Å². The molecular formula is C21H31N3OS. The quantitative estimate of drug-likeness (QED) is 0.818. The molecule has 0 radical (unpaired) electrons. The van der Waals surface area contributed by atoms with Gasteiger partial charge >= 0.3 is 0 Å². The van der Waals surface area contributed by atoms with Gasteiger partial charge in [0.1, 0.15) is 6.23 Å². The molecule has 1 aromatic heterocycles. The van der Waals surface area contributed by atoms with Crippen LogP contribution in [0.4, 0.5) is 0 Å². The maximum atomic E-state index is 5.41. The first-order valence-corrected chi connectivity index (χ1v) is 10.9. The summed E-state index contributed by atoms with van der Waals surface area (Å²) < 4.78 is 6.77. The van der Waals surface area contributed by atoms with Gasteiger partial charge in [0.2, 0.25) is 0 Å². The standard InChI is InChI=1S/C21H31N3OS/c1-4-24(5-2)17-10-16(11-17)21-23-18-8-6-14(12-19(18)26-21)15-7-9-20(25-3)22-13-15/h6,8,12,15-17,20,22H,4-5,7,9-11,13H2,1-3H3. The van der Waals surface area contributed by atoms with Gasteiger partial charge in [-0.05, 0) is 62.4 Å². The fourth-order valence-electron chi connectivity index (χ4n) is 4.53. The minimum atomic E-state index is 0.224. The van der Waals surface area contributed by atoms with Crippen molar-refractivity contribution in [3.63, 3.8) is 0 Å². The maximum Gasteiger partial charge on any atom is 0.107 e. The Morgan fingerprint density at radius 3 is 2.65 bits per heavy atom. The molecule has 1 aliphatic heterocycles. The molecule has 2 aromatic rings. The third kappa shape index (κ3) is 3.55. The number of rotatable bonds is 6. The molecule has 1 saturated carbocycles. The zero-order chi connectivity index (χ0) is 18.1. The molecule has 2 fully saturated rings. The Kier molecular flexibility index (Phi) is 5.60. The van der Waals surface area contributed by atoms with Crippen LogP contribution in [0.25, 0.3) is 10.2 Å². The second-order valence-electron chi connectivity index (χ2n) is 7.73. The number of hydrogen-bond donors (Lipinski definition) is 1. The predicted molar refractivity (Wildman–Crippen MR) is 109 cm³/mol. The first-order chi connectivity index (χ1) is 12.7. The number of ether oxygens (including phenoxy) is 1. The van der Waals surface area contributed by atoms with E-state index in [9.17, 15) is 0 Å². The van der Waals surface area contributed by atoms with E-state index in [4.69, 9.17) is 9.72 Å². The van der Waals surface area contributed by atoms with Crippen LogP contribution in [0.3, 0.4) is 0 Å². The number of thiazole rings is 1. The van der Waals surface area contributed by atoms with E-state index in [0.29, 0.717) is 11.8 Å². The fourth-order valence-corrected chi connectivity index (χ4v) is 5.67. The third-order valence-electron chi connectivity index (χ3n) is 6.35. The lowest BCUT2D eigenvalue weighted by molar-refractivity contribution is 0.0477. The van der Waals surface area contributed by atoms with Gasteiger partial charge in [0.05, 0.1) is 15.2 Å². The number of nitrogens with zero attached hydrogens (tertiary/aromatic N) is 2. The summed E-state index contributed by atoms with van der Waals surface area (Å²) in [6.07, 6.45) is 5.06. The highest BCUT2D eigenvalue weighted by Crippen LogP contribution is 2.43. The molecule has 5 heteroatoms. The van der Waals surface area contributed by atoms with Crippen LogP contribution in [0, 0.1) is 0 Å². The Morgan fingerprint density at radius 2 is 2.00 bits per heavy atom. The average molecular weight is 374 g/mol. The van der Waals surface area contributed by atoms with Gasteiger partial charge in [-0.25, -0.2) is 4.98 Å². The van der Waals surface area contributed by atoms with E-state index >= 15 is 0 Å². The van der Waals surface area contributed by atoms with E-state index in [2.05, 4.69) is 42.3 Å². The van der Waals surface area contributed by atoms with Crippen molar-refractivity contribution in [2.24, 2.45) is 0 Å². The highest BCUT2D eigenvalue weighted by molar-refractivity contribution is 7.18. The number of fused-ring (bicyclic) bond motifs is 1. The van der Waals surface area contributed by atoms with Crippen LogP contribution in [-0.4, -0.2) is 48.9 Å². The number of piperidine rings is 1. The van der Waals surface area contributed by atoms with Gasteiger partial charge in [-0.2, -0.15) is 0 Å². The molecule has 1 saturated heterocycles. The topological polar surface area (TPSA) is 37.4 Å². The lowest BCUT2D eigenvalue weighted by Gasteiger charge is -2.41. The molecule has 1 aliphatic carbocycles. The Hall–Kier alpha value is -1.01. The van der Waals surface area contributed by atoms with Crippen molar-refractivity contribution in [1.82, 2.24) is 15.2 Å². The zero-order valence-corrected chi connectivity index (χ0v) is 17.0. The third-order valence-corrected chi connectivity index (χ3v) is 7.53. The van der Waals surface area contributed by atoms with Crippen LogP contribution in [0.1, 0.15) is 61.9 Å². The highest BCUT2D eigenvalue weighted by Gasteiger charge is 2.35. The molecule has 2 aliphatic rings. The monoisotopic (exact) mass is 373 g/mol. The molecule has 0 amide bonds. The Morgan fingerprint density at radius 1 is 1.19 bits per heavy atom. The Labute approximate surface area is 160 Å². The predicted octanol–water partition coefficient (Wildman–Crippen LogP) is 4.32. The van der Waals surface area contributed by atoms with E-state index in [0.717, 1.165) is 32.1 Å². The SMILES string of the molecule is CCN(CC)C1CC(c2nc3ccc(C4CCC(OC)NC4)cc3s2)C1. The number of aromatic nitrogens is 1. The molecule has 0 spiro atoms. The summed E-state index contributed by atoms with van der Waals surface area (Å²) in [7, 11) is 1.79. The molecule has 2 heterocycles. The van der Waals surface area contributed by atoms with Crippen LogP contribution < -0.4 is 5.32 Å². The minimum absolute atomic E-state index is 0.224. The largest absolute Gasteiger partial charge is 0.367 e. The summed E-state index contributed by atoms with van der Waals surface area (Å²) in [5.41, 5.74) is 2.63. The lowest BCUT2D eigenvalue weighted by atomic mass is 9.79. The summed E-state index contributed by atoms with van der Waals surface area (Å²) in [6.45, 7) is 7.87. The minimum Gasteiger partial charge on any atom is -0.367 e. The summed E-state index contributed by atoms with van der Waals surface area (Å²) in [5.74, 6) is 1.26. The summed E-state index contributed by atoms with van der Waals surface area (Å²) in [5, 5.41) is 4.84. The molecule has 1 aromatic carbocycles. The van der Waals surface area contributed by atoms with Crippen molar-refractivity contribution in [3.05, 3.63) is 28.8 Å². The molecule has 1 N–H and O–H groups in total. The summed E-state index contributed by atoms with van der Waals surface area (Å²) in [6, 6.07) is 7.66. The van der Waals surface area contributed by atoms with E-state index < -0.39 is 0 Å². The van der Waals surface area contributed by atoms with Crippen molar-refractivity contribution in [3.8, 4) is 0 Å². The van der Waals surface area contributed by atoms with Crippen LogP contribution in [0.2, 0.25) is 0 Å². The number of nitrogens with one attached hydrogen (secondary N) is 1. The van der Waals surface area contributed by atoms with E-state index in [1.165, 1.54) is 40.1 Å². The first-order valence-electron chi connectivity index (χ1n) is 10.1. The van der Waals surface area contributed by atoms with Gasteiger partial charge in [-0.15, -0.1) is 11.3 Å². The molecule has 4 nitrogen and oxygen atoms in total. The summed E-state index contributed by atoms with van der Waals surface area (Å²) >= 11 is 1.92. The van der Waals surface area contributed by atoms with Crippen molar-refractivity contribution in [1.29, 1.82) is 0 Å². The molecule has 142 valence electrons. The van der Waals surface area contributed by atoms with Crippen LogP contribution in [-0.2, 0) is 4.74 Å². The second kappa shape index (κ2) is 7.93. The normalized spacial score (nSPS) is 29.2. The second-order valence-corrected chi connectivity index (χ2v) is 8.79. The number of benzene rings is 1. The molecule has 4 rings (SSSR count). The van der Waals surface area contributed by atoms with Gasteiger partial charge in [-0.1, -0.05) is 19.9 Å². The molecule has 2 atom stereocenters. The molecular weight excluding hydrogens is 342 g/mol. The molecule has 0 bridgehead atoms. The van der Waals surface area contributed by atoms with Crippen molar-refractivity contribution >= 4 is 21.6 Å². The van der Waals surface area contributed by atoms with E-state index in [1.807, 2.05) is 11.3 Å². The maximum absolute atomic E-state index is 5.41. The molecule has 26 heavy (non-hydrogen) atoms. The lowest BCUT2D eigenvalue weighted by Crippen LogP contribution is -2.43. The molecule has 2 unspecified atom stereocenters. The number of methoxy groups -OCH3 is 1. The van der Waals surface area contributed by atoms with E-state index in [-0.39, 0.29) is 6.23 Å².